The summed E-state index contributed by atoms with van der Waals surface area (Å²) in [5.74, 6) is 1.34. The van der Waals surface area contributed by atoms with Crippen molar-refractivity contribution in [2.24, 2.45) is 0 Å². The van der Waals surface area contributed by atoms with Gasteiger partial charge in [0.05, 0.1) is 5.52 Å². The zero-order valence-corrected chi connectivity index (χ0v) is 16.3. The molecule has 0 saturated heterocycles. The molecular formula is C23H22N6. The summed E-state index contributed by atoms with van der Waals surface area (Å²) in [5.41, 5.74) is 12.4. The van der Waals surface area contributed by atoms with Crippen LogP contribution in [0.15, 0.2) is 60.9 Å². The zero-order valence-electron chi connectivity index (χ0n) is 16.3. The van der Waals surface area contributed by atoms with Crippen LogP contribution < -0.4 is 16.0 Å². The van der Waals surface area contributed by atoms with Crippen LogP contribution in [0.1, 0.15) is 17.7 Å². The third-order valence-corrected chi connectivity index (χ3v) is 5.35. The van der Waals surface area contributed by atoms with Gasteiger partial charge in [-0.15, -0.1) is 0 Å². The van der Waals surface area contributed by atoms with Crippen LogP contribution in [0, 0.1) is 6.92 Å². The summed E-state index contributed by atoms with van der Waals surface area (Å²) in [6.07, 6.45) is 3.71. The number of benzene rings is 2. The number of aryl methyl sites for hydroxylation is 2. The maximum Gasteiger partial charge on any atom is 0.161 e. The lowest BCUT2D eigenvalue weighted by atomic mass is 10.0. The molecule has 6 heteroatoms. The van der Waals surface area contributed by atoms with Gasteiger partial charge in [0.15, 0.2) is 11.6 Å². The number of nitrogens with two attached hydrogens (primary N) is 1. The molecule has 0 fully saturated rings. The molecule has 6 nitrogen and oxygen atoms in total. The first-order chi connectivity index (χ1) is 14.2. The molecule has 3 N–H and O–H groups in total. The van der Waals surface area contributed by atoms with Crippen molar-refractivity contribution in [2.45, 2.75) is 19.8 Å². The highest BCUT2D eigenvalue weighted by Crippen LogP contribution is 2.37. The van der Waals surface area contributed by atoms with E-state index in [1.807, 2.05) is 31.2 Å². The van der Waals surface area contributed by atoms with Crippen molar-refractivity contribution in [2.75, 3.05) is 22.5 Å². The number of nitrogen functional groups attached to an aromatic ring is 1. The Hall–Kier alpha value is -3.67. The Morgan fingerprint density at radius 2 is 1.90 bits per heavy atom. The van der Waals surface area contributed by atoms with Crippen LogP contribution in [0.2, 0.25) is 0 Å². The molecule has 0 radical (unpaired) electrons. The summed E-state index contributed by atoms with van der Waals surface area (Å²) < 4.78 is 0. The zero-order chi connectivity index (χ0) is 19.8. The van der Waals surface area contributed by atoms with Crippen LogP contribution in [-0.2, 0) is 6.42 Å². The van der Waals surface area contributed by atoms with Crippen molar-refractivity contribution in [3.8, 4) is 0 Å². The van der Waals surface area contributed by atoms with Crippen molar-refractivity contribution < 1.29 is 0 Å². The molecule has 0 amide bonds. The minimum Gasteiger partial charge on any atom is -0.393 e. The number of nitrogens with one attached hydrogen (secondary N) is 1. The molecule has 29 heavy (non-hydrogen) atoms. The Morgan fingerprint density at radius 1 is 1.00 bits per heavy atom. The average molecular weight is 382 g/mol. The number of anilines is 5. The lowest BCUT2D eigenvalue weighted by Gasteiger charge is -2.31. The van der Waals surface area contributed by atoms with E-state index in [0.29, 0.717) is 11.5 Å². The SMILES string of the molecule is Cc1ccc2c(Nc3ncnc(N4CCCc5ccccc54)c3N)cccc2n1. The second-order valence-corrected chi connectivity index (χ2v) is 7.29. The number of hydrogen-bond donors (Lipinski definition) is 2. The highest BCUT2D eigenvalue weighted by atomic mass is 15.2. The van der Waals surface area contributed by atoms with E-state index in [4.69, 9.17) is 5.73 Å². The summed E-state index contributed by atoms with van der Waals surface area (Å²) in [5, 5.41) is 4.42. The maximum absolute atomic E-state index is 6.54. The van der Waals surface area contributed by atoms with E-state index >= 15 is 0 Å². The Bertz CT molecular complexity index is 1200. The van der Waals surface area contributed by atoms with Crippen molar-refractivity contribution in [1.82, 2.24) is 15.0 Å². The molecule has 1 aliphatic heterocycles. The molecular weight excluding hydrogens is 360 g/mol. The van der Waals surface area contributed by atoms with Gasteiger partial charge in [-0.1, -0.05) is 24.3 Å². The Labute approximate surface area is 169 Å². The fourth-order valence-electron chi connectivity index (χ4n) is 3.95. The number of fused-ring (bicyclic) bond motifs is 2. The Morgan fingerprint density at radius 3 is 2.83 bits per heavy atom. The fraction of sp³-hybridized carbons (Fsp3) is 0.174. The van der Waals surface area contributed by atoms with Crippen LogP contribution >= 0.6 is 0 Å². The van der Waals surface area contributed by atoms with Gasteiger partial charge in [0, 0.05) is 29.0 Å². The standard InChI is InChI=1S/C23H22N6/c1-15-11-12-17-18(27-15)8-4-9-19(17)28-22-21(24)23(26-14-25-22)29-13-5-7-16-6-2-3-10-20(16)29/h2-4,6,8-12,14H,5,7,13,24H2,1H3,(H,25,26,28). The Kier molecular flexibility index (Phi) is 4.24. The first-order valence-corrected chi connectivity index (χ1v) is 9.80. The number of hydrogen-bond acceptors (Lipinski definition) is 6. The van der Waals surface area contributed by atoms with E-state index in [2.05, 4.69) is 55.5 Å². The largest absolute Gasteiger partial charge is 0.393 e. The molecule has 0 saturated carbocycles. The van der Waals surface area contributed by atoms with E-state index < -0.39 is 0 Å². The molecule has 5 rings (SSSR count). The number of para-hydroxylation sites is 1. The third-order valence-electron chi connectivity index (χ3n) is 5.35. The summed E-state index contributed by atoms with van der Waals surface area (Å²) in [4.78, 5) is 15.7. The lowest BCUT2D eigenvalue weighted by Crippen LogP contribution is -2.26. The molecule has 2 aromatic carbocycles. The molecule has 0 unspecified atom stereocenters. The van der Waals surface area contributed by atoms with Gasteiger partial charge < -0.3 is 16.0 Å². The Balaban J connectivity index is 1.55. The monoisotopic (exact) mass is 382 g/mol. The quantitative estimate of drug-likeness (QED) is 0.533. The van der Waals surface area contributed by atoms with E-state index in [-0.39, 0.29) is 0 Å². The highest BCUT2D eigenvalue weighted by Gasteiger charge is 2.22. The first-order valence-electron chi connectivity index (χ1n) is 9.80. The number of aromatic nitrogens is 3. The minimum absolute atomic E-state index is 0.543. The van der Waals surface area contributed by atoms with E-state index in [9.17, 15) is 0 Å². The van der Waals surface area contributed by atoms with Gasteiger partial charge in [0.25, 0.3) is 0 Å². The van der Waals surface area contributed by atoms with Crippen LogP contribution in [-0.4, -0.2) is 21.5 Å². The van der Waals surface area contributed by atoms with Gasteiger partial charge >= 0.3 is 0 Å². The summed E-state index contributed by atoms with van der Waals surface area (Å²) in [6, 6.07) is 18.5. The van der Waals surface area contributed by atoms with Gasteiger partial charge in [-0.2, -0.15) is 0 Å². The van der Waals surface area contributed by atoms with Crippen molar-refractivity contribution in [3.05, 3.63) is 72.2 Å². The molecule has 0 atom stereocenters. The predicted octanol–water partition coefficient (Wildman–Crippen LogP) is 4.74. The summed E-state index contributed by atoms with van der Waals surface area (Å²) in [7, 11) is 0. The van der Waals surface area contributed by atoms with Crippen LogP contribution in [0.4, 0.5) is 28.7 Å². The topological polar surface area (TPSA) is 80.0 Å². The van der Waals surface area contributed by atoms with Crippen LogP contribution in [0.3, 0.4) is 0 Å². The lowest BCUT2D eigenvalue weighted by molar-refractivity contribution is 0.759. The van der Waals surface area contributed by atoms with Gasteiger partial charge in [-0.25, -0.2) is 9.97 Å². The van der Waals surface area contributed by atoms with Gasteiger partial charge in [0.2, 0.25) is 0 Å². The normalized spacial score (nSPS) is 13.3. The van der Waals surface area contributed by atoms with Crippen molar-refractivity contribution in [3.63, 3.8) is 0 Å². The molecule has 0 bridgehead atoms. The van der Waals surface area contributed by atoms with Gasteiger partial charge in [-0.05, 0) is 55.7 Å². The number of rotatable bonds is 3. The van der Waals surface area contributed by atoms with Crippen LogP contribution in [0.5, 0.6) is 0 Å². The first kappa shape index (κ1) is 17.4. The average Bonchev–Trinajstić information content (AvgIpc) is 2.75. The fourth-order valence-corrected chi connectivity index (χ4v) is 3.95. The van der Waals surface area contributed by atoms with Gasteiger partial charge in [0.1, 0.15) is 12.0 Å². The van der Waals surface area contributed by atoms with E-state index in [1.54, 1.807) is 6.33 Å². The van der Waals surface area contributed by atoms with Gasteiger partial charge in [-0.3, -0.25) is 4.98 Å². The second kappa shape index (κ2) is 7.05. The molecule has 1 aliphatic rings. The molecule has 4 aromatic rings. The van der Waals surface area contributed by atoms with E-state index in [0.717, 1.165) is 47.5 Å². The molecule has 0 spiro atoms. The summed E-state index contributed by atoms with van der Waals surface area (Å²) in [6.45, 7) is 2.87. The molecule has 0 aliphatic carbocycles. The number of pyridine rings is 1. The highest BCUT2D eigenvalue weighted by molar-refractivity contribution is 5.94. The molecule has 3 heterocycles. The molecule has 2 aromatic heterocycles. The van der Waals surface area contributed by atoms with Crippen molar-refractivity contribution >= 4 is 39.6 Å². The maximum atomic E-state index is 6.54. The van der Waals surface area contributed by atoms with E-state index in [1.165, 1.54) is 11.3 Å². The minimum atomic E-state index is 0.543. The second-order valence-electron chi connectivity index (χ2n) is 7.29. The summed E-state index contributed by atoms with van der Waals surface area (Å²) >= 11 is 0. The third kappa shape index (κ3) is 3.12. The smallest absolute Gasteiger partial charge is 0.161 e. The van der Waals surface area contributed by atoms with Crippen LogP contribution in [0.25, 0.3) is 10.9 Å². The van der Waals surface area contributed by atoms with Crippen molar-refractivity contribution in [1.29, 1.82) is 0 Å². The molecule has 144 valence electrons. The predicted molar refractivity (Wildman–Crippen MR) is 118 cm³/mol. The number of nitrogens with zero attached hydrogens (tertiary/aromatic N) is 4.